The predicted molar refractivity (Wildman–Crippen MR) is 58.7 cm³/mol. The van der Waals surface area contributed by atoms with Gasteiger partial charge >= 0.3 is 0 Å². The van der Waals surface area contributed by atoms with Crippen LogP contribution >= 0.6 is 0 Å². The van der Waals surface area contributed by atoms with E-state index in [0.29, 0.717) is 0 Å². The van der Waals surface area contributed by atoms with Crippen LogP contribution < -0.4 is 0 Å². The van der Waals surface area contributed by atoms with Crippen LogP contribution in [-0.4, -0.2) is 8.07 Å². The minimum atomic E-state index is -1.03. The Bertz CT molecular complexity index is 206. The highest BCUT2D eigenvalue weighted by Gasteiger charge is 2.05. The summed E-state index contributed by atoms with van der Waals surface area (Å²) < 4.78 is 0. The van der Waals surface area contributed by atoms with Crippen molar-refractivity contribution in [3.63, 3.8) is 0 Å². The molecule has 0 amide bonds. The van der Waals surface area contributed by atoms with E-state index in [-0.39, 0.29) is 0 Å². The van der Waals surface area contributed by atoms with Crippen LogP contribution in [0.25, 0.3) is 0 Å². The first-order chi connectivity index (χ1) is 5.56. The quantitative estimate of drug-likeness (QED) is 0.268. The van der Waals surface area contributed by atoms with Crippen molar-refractivity contribution < 1.29 is 0 Å². The Kier molecular flexibility index (Phi) is 5.54. The number of rotatable bonds is 4. The largest absolute Gasteiger partial charge is 0.134 e. The molecule has 0 heterocycles. The lowest BCUT2D eigenvalue weighted by Crippen LogP contribution is -2.14. The summed E-state index contributed by atoms with van der Waals surface area (Å²) in [6.07, 6.45) is 10.2. The zero-order chi connectivity index (χ0) is 9.45. The predicted octanol–water partition coefficient (Wildman–Crippen LogP) is 3.38. The van der Waals surface area contributed by atoms with Crippen molar-refractivity contribution in [2.45, 2.75) is 38.9 Å². The Morgan fingerprint density at radius 1 is 1.33 bits per heavy atom. The van der Waals surface area contributed by atoms with Gasteiger partial charge in [0.1, 0.15) is 0 Å². The molecule has 0 unspecified atom stereocenters. The van der Waals surface area contributed by atoms with Gasteiger partial charge in [-0.3, -0.25) is 0 Å². The maximum Gasteiger partial charge on any atom is 0.0781 e. The first kappa shape index (κ1) is 11.3. The molecule has 0 radical (unpaired) electrons. The van der Waals surface area contributed by atoms with E-state index in [4.69, 9.17) is 6.42 Å². The van der Waals surface area contributed by atoms with Gasteiger partial charge in [0.25, 0.3) is 0 Å². The molecule has 0 aliphatic carbocycles. The standard InChI is InChI=1S/C11H18Si/c1-5-6-7-8-9-10-11-12(2,3)4/h1,9,11H,6-8H2,2-4H3. The second kappa shape index (κ2) is 5.89. The molecule has 0 aliphatic heterocycles. The maximum absolute atomic E-state index is 5.13. The van der Waals surface area contributed by atoms with E-state index in [1.54, 1.807) is 0 Å². The highest BCUT2D eigenvalue weighted by molar-refractivity contribution is 6.80. The summed E-state index contributed by atoms with van der Waals surface area (Å²) >= 11 is 0. The van der Waals surface area contributed by atoms with Crippen LogP contribution in [0, 0.1) is 12.3 Å². The first-order valence-corrected chi connectivity index (χ1v) is 7.99. The average molecular weight is 178 g/mol. The third kappa shape index (κ3) is 9.30. The van der Waals surface area contributed by atoms with Crippen molar-refractivity contribution >= 4 is 8.07 Å². The first-order valence-electron chi connectivity index (χ1n) is 4.42. The van der Waals surface area contributed by atoms with Crippen LogP contribution in [0.15, 0.2) is 17.5 Å². The lowest BCUT2D eigenvalue weighted by Gasteiger charge is -2.04. The minimum absolute atomic E-state index is 0.880. The molecule has 0 saturated heterocycles. The molecular weight excluding hydrogens is 160 g/mol. The normalized spacial score (nSPS) is 9.83. The number of hydrogen-bond acceptors (Lipinski definition) is 0. The molecule has 0 aromatic rings. The Hall–Kier alpha value is -0.703. The summed E-state index contributed by atoms with van der Waals surface area (Å²) in [6, 6.07) is 0. The van der Waals surface area contributed by atoms with Crippen LogP contribution in [0.1, 0.15) is 19.3 Å². The molecule has 0 aliphatic rings. The van der Waals surface area contributed by atoms with Crippen LogP contribution in [0.5, 0.6) is 0 Å². The van der Waals surface area contributed by atoms with Crippen molar-refractivity contribution in [2.75, 3.05) is 0 Å². The maximum atomic E-state index is 5.13. The highest BCUT2D eigenvalue weighted by atomic mass is 28.3. The van der Waals surface area contributed by atoms with E-state index in [1.165, 1.54) is 0 Å². The van der Waals surface area contributed by atoms with Gasteiger partial charge in [-0.2, -0.15) is 0 Å². The van der Waals surface area contributed by atoms with E-state index < -0.39 is 8.07 Å². The second-order valence-corrected chi connectivity index (χ2v) is 9.00. The lowest BCUT2D eigenvalue weighted by atomic mass is 10.2. The Morgan fingerprint density at radius 2 is 2.00 bits per heavy atom. The Balaban J connectivity index is 3.63. The molecule has 0 aromatic heterocycles. The molecule has 0 saturated carbocycles. The van der Waals surface area contributed by atoms with Crippen molar-refractivity contribution in [1.82, 2.24) is 0 Å². The van der Waals surface area contributed by atoms with E-state index in [0.717, 1.165) is 19.3 Å². The molecule has 0 aromatic carbocycles. The summed E-state index contributed by atoms with van der Waals surface area (Å²) in [5, 5.41) is 0. The minimum Gasteiger partial charge on any atom is -0.134 e. The molecule has 0 spiro atoms. The smallest absolute Gasteiger partial charge is 0.0781 e. The zero-order valence-electron chi connectivity index (χ0n) is 8.35. The summed E-state index contributed by atoms with van der Waals surface area (Å²) in [6.45, 7) is 6.90. The van der Waals surface area contributed by atoms with E-state index in [2.05, 4.69) is 43.1 Å². The molecular formula is C11H18Si. The summed E-state index contributed by atoms with van der Waals surface area (Å²) in [5.41, 5.74) is 5.45. The van der Waals surface area contributed by atoms with Gasteiger partial charge in [0.05, 0.1) is 8.07 Å². The third-order valence-electron chi connectivity index (χ3n) is 1.30. The topological polar surface area (TPSA) is 0 Å². The van der Waals surface area contributed by atoms with Crippen molar-refractivity contribution in [2.24, 2.45) is 0 Å². The number of allylic oxidation sites excluding steroid dienone is 1. The fraction of sp³-hybridized carbons (Fsp3) is 0.545. The number of unbranched alkanes of at least 4 members (excludes halogenated alkanes) is 2. The van der Waals surface area contributed by atoms with Gasteiger partial charge < -0.3 is 0 Å². The molecule has 1 heteroatoms. The monoisotopic (exact) mass is 178 g/mol. The average Bonchev–Trinajstić information content (AvgIpc) is 1.94. The van der Waals surface area contributed by atoms with E-state index in [1.807, 2.05) is 0 Å². The molecule has 0 N–H and O–H groups in total. The number of terminal acetylenes is 1. The zero-order valence-corrected chi connectivity index (χ0v) is 9.35. The summed E-state index contributed by atoms with van der Waals surface area (Å²) in [5.74, 6) is 2.63. The molecule has 0 nitrogen and oxygen atoms in total. The van der Waals surface area contributed by atoms with Crippen molar-refractivity contribution in [3.05, 3.63) is 17.5 Å². The van der Waals surface area contributed by atoms with E-state index >= 15 is 0 Å². The highest BCUT2D eigenvalue weighted by Crippen LogP contribution is 2.01. The second-order valence-electron chi connectivity index (χ2n) is 3.98. The van der Waals surface area contributed by atoms with Gasteiger partial charge in [-0.1, -0.05) is 25.3 Å². The van der Waals surface area contributed by atoms with Crippen LogP contribution in [0.4, 0.5) is 0 Å². The van der Waals surface area contributed by atoms with Gasteiger partial charge in [0.2, 0.25) is 0 Å². The van der Waals surface area contributed by atoms with Gasteiger partial charge in [-0.15, -0.1) is 18.1 Å². The molecule has 0 bridgehead atoms. The molecule has 0 rings (SSSR count). The SMILES string of the molecule is C#CCCCC=C=C[Si](C)(C)C. The Morgan fingerprint density at radius 3 is 2.50 bits per heavy atom. The van der Waals surface area contributed by atoms with Gasteiger partial charge in [-0.05, 0) is 18.9 Å². The van der Waals surface area contributed by atoms with Crippen molar-refractivity contribution in [3.8, 4) is 12.3 Å². The molecule has 0 atom stereocenters. The fourth-order valence-electron chi connectivity index (χ4n) is 0.698. The van der Waals surface area contributed by atoms with Crippen LogP contribution in [0.2, 0.25) is 19.6 Å². The van der Waals surface area contributed by atoms with Crippen LogP contribution in [-0.2, 0) is 0 Å². The van der Waals surface area contributed by atoms with Crippen LogP contribution in [0.3, 0.4) is 0 Å². The summed E-state index contributed by atoms with van der Waals surface area (Å²) in [4.78, 5) is 0. The summed E-state index contributed by atoms with van der Waals surface area (Å²) in [7, 11) is -1.03. The molecule has 0 fully saturated rings. The van der Waals surface area contributed by atoms with E-state index in [9.17, 15) is 0 Å². The van der Waals surface area contributed by atoms with Crippen molar-refractivity contribution in [1.29, 1.82) is 0 Å². The molecule has 12 heavy (non-hydrogen) atoms. The fourth-order valence-corrected chi connectivity index (χ4v) is 1.32. The van der Waals surface area contributed by atoms with Gasteiger partial charge in [-0.25, -0.2) is 0 Å². The molecule has 66 valence electrons. The lowest BCUT2D eigenvalue weighted by molar-refractivity contribution is 0.887. The third-order valence-corrected chi connectivity index (χ3v) is 2.34. The number of hydrogen-bond donors (Lipinski definition) is 0. The Labute approximate surface area is 77.4 Å². The van der Waals surface area contributed by atoms with Gasteiger partial charge in [0, 0.05) is 6.42 Å². The van der Waals surface area contributed by atoms with Gasteiger partial charge in [0.15, 0.2) is 0 Å².